The SMILES string of the molecule is COC(=O)c1[nH]ncc1-c1c(C#N)c(N)nc2c1CCc1ccncc1-2. The summed E-state index contributed by atoms with van der Waals surface area (Å²) in [7, 11) is 1.29. The number of methoxy groups -OCH3 is 1. The number of nitriles is 1. The van der Waals surface area contributed by atoms with Gasteiger partial charge in [-0.3, -0.25) is 10.1 Å². The number of ether oxygens (including phenoxy) is 1. The Morgan fingerprint density at radius 2 is 2.19 bits per heavy atom. The van der Waals surface area contributed by atoms with Gasteiger partial charge in [-0.1, -0.05) is 0 Å². The number of nitrogens with one attached hydrogen (secondary N) is 1. The maximum atomic E-state index is 12.1. The number of H-pyrrole nitrogens is 1. The van der Waals surface area contributed by atoms with E-state index in [2.05, 4.69) is 26.2 Å². The van der Waals surface area contributed by atoms with Gasteiger partial charge in [-0.05, 0) is 30.0 Å². The lowest BCUT2D eigenvalue weighted by Gasteiger charge is -2.22. The molecule has 0 bridgehead atoms. The molecule has 0 radical (unpaired) electrons. The predicted octanol–water partition coefficient (Wildman–Crippen LogP) is 1.87. The van der Waals surface area contributed by atoms with E-state index in [0.29, 0.717) is 23.2 Å². The van der Waals surface area contributed by atoms with Gasteiger partial charge in [0.2, 0.25) is 0 Å². The number of nitrogen functional groups attached to an aromatic ring is 1. The predicted molar refractivity (Wildman–Crippen MR) is 92.9 cm³/mol. The number of hydrogen-bond acceptors (Lipinski definition) is 7. The Labute approximate surface area is 148 Å². The van der Waals surface area contributed by atoms with Crippen molar-refractivity contribution in [1.82, 2.24) is 20.2 Å². The van der Waals surface area contributed by atoms with E-state index < -0.39 is 5.97 Å². The number of fused-ring (bicyclic) bond motifs is 3. The lowest BCUT2D eigenvalue weighted by Crippen LogP contribution is -2.13. The number of hydrogen-bond donors (Lipinski definition) is 2. The van der Waals surface area contributed by atoms with Crippen molar-refractivity contribution in [2.75, 3.05) is 12.8 Å². The first kappa shape index (κ1) is 15.8. The highest BCUT2D eigenvalue weighted by molar-refractivity contribution is 5.98. The summed E-state index contributed by atoms with van der Waals surface area (Å²) in [5.41, 5.74) is 11.1. The van der Waals surface area contributed by atoms with E-state index in [9.17, 15) is 10.1 Å². The summed E-state index contributed by atoms with van der Waals surface area (Å²) in [6.45, 7) is 0. The second-order valence-electron chi connectivity index (χ2n) is 5.87. The van der Waals surface area contributed by atoms with Gasteiger partial charge in [-0.2, -0.15) is 10.4 Å². The van der Waals surface area contributed by atoms with Crippen molar-refractivity contribution < 1.29 is 9.53 Å². The largest absolute Gasteiger partial charge is 0.464 e. The van der Waals surface area contributed by atoms with Crippen LogP contribution in [0.15, 0.2) is 24.7 Å². The molecule has 3 heterocycles. The van der Waals surface area contributed by atoms with Gasteiger partial charge in [-0.15, -0.1) is 0 Å². The van der Waals surface area contributed by atoms with Crippen molar-refractivity contribution in [2.45, 2.75) is 12.8 Å². The topological polar surface area (TPSA) is 131 Å². The summed E-state index contributed by atoms with van der Waals surface area (Å²) in [6.07, 6.45) is 6.42. The summed E-state index contributed by atoms with van der Waals surface area (Å²) in [5, 5.41) is 16.3. The number of nitrogens with two attached hydrogens (primary N) is 1. The zero-order valence-corrected chi connectivity index (χ0v) is 13.9. The van der Waals surface area contributed by atoms with Crippen molar-refractivity contribution in [3.63, 3.8) is 0 Å². The minimum atomic E-state index is -0.566. The van der Waals surface area contributed by atoms with Crippen LogP contribution in [0.2, 0.25) is 0 Å². The van der Waals surface area contributed by atoms with Gasteiger partial charge in [0, 0.05) is 29.1 Å². The van der Waals surface area contributed by atoms with Gasteiger partial charge >= 0.3 is 5.97 Å². The standard InChI is InChI=1S/C18H14N6O2/c1-26-18(25)16-13(8-22-24-16)14-10-3-2-9-4-5-21-7-12(9)15(10)23-17(20)11(14)6-19/h4-5,7-8H,2-3H2,1H3,(H2,20,23)(H,22,24). The summed E-state index contributed by atoms with van der Waals surface area (Å²) >= 11 is 0. The summed E-state index contributed by atoms with van der Waals surface area (Å²) in [4.78, 5) is 20.7. The molecule has 1 aliphatic carbocycles. The molecule has 0 unspecified atom stereocenters. The maximum absolute atomic E-state index is 12.1. The quantitative estimate of drug-likeness (QED) is 0.677. The molecule has 3 N–H and O–H groups in total. The molecule has 0 atom stereocenters. The smallest absolute Gasteiger partial charge is 0.356 e. The highest BCUT2D eigenvalue weighted by Crippen LogP contribution is 2.41. The fourth-order valence-electron chi connectivity index (χ4n) is 3.37. The number of aryl methyl sites for hydroxylation is 1. The van der Waals surface area contributed by atoms with E-state index in [0.717, 1.165) is 23.1 Å². The highest BCUT2D eigenvalue weighted by Gasteiger charge is 2.28. The van der Waals surface area contributed by atoms with E-state index >= 15 is 0 Å². The maximum Gasteiger partial charge on any atom is 0.356 e. The van der Waals surface area contributed by atoms with Crippen LogP contribution < -0.4 is 5.73 Å². The lowest BCUT2D eigenvalue weighted by atomic mass is 9.84. The summed E-state index contributed by atoms with van der Waals surface area (Å²) in [6, 6.07) is 4.06. The third-order valence-electron chi connectivity index (χ3n) is 4.55. The molecule has 1 aliphatic rings. The van der Waals surface area contributed by atoms with Crippen LogP contribution in [-0.2, 0) is 17.6 Å². The third-order valence-corrected chi connectivity index (χ3v) is 4.55. The number of carbonyl (C=O) groups excluding carboxylic acids is 1. The van der Waals surface area contributed by atoms with Crippen LogP contribution in [0, 0.1) is 11.3 Å². The Bertz CT molecular complexity index is 1080. The van der Waals surface area contributed by atoms with Crippen molar-refractivity contribution in [1.29, 1.82) is 5.26 Å². The monoisotopic (exact) mass is 346 g/mol. The number of anilines is 1. The van der Waals surface area contributed by atoms with Crippen molar-refractivity contribution in [3.8, 4) is 28.5 Å². The third kappa shape index (κ3) is 2.22. The molecule has 4 rings (SSSR count). The molecule has 3 aromatic heterocycles. The van der Waals surface area contributed by atoms with Crippen LogP contribution >= 0.6 is 0 Å². The van der Waals surface area contributed by atoms with Crippen LogP contribution in [0.25, 0.3) is 22.4 Å². The van der Waals surface area contributed by atoms with E-state index in [1.54, 1.807) is 12.4 Å². The van der Waals surface area contributed by atoms with Gasteiger partial charge in [0.25, 0.3) is 0 Å². The first-order valence-corrected chi connectivity index (χ1v) is 7.93. The Morgan fingerprint density at radius 3 is 2.96 bits per heavy atom. The number of carbonyl (C=O) groups is 1. The molecule has 128 valence electrons. The van der Waals surface area contributed by atoms with Crippen LogP contribution in [0.1, 0.15) is 27.2 Å². The molecule has 0 aliphatic heterocycles. The number of esters is 1. The van der Waals surface area contributed by atoms with Gasteiger partial charge < -0.3 is 10.5 Å². The van der Waals surface area contributed by atoms with Crippen molar-refractivity contribution in [2.24, 2.45) is 0 Å². The fourth-order valence-corrected chi connectivity index (χ4v) is 3.37. The van der Waals surface area contributed by atoms with Gasteiger partial charge in [0.1, 0.15) is 17.5 Å². The Balaban J connectivity index is 2.06. The second-order valence-corrected chi connectivity index (χ2v) is 5.87. The number of nitrogens with zero attached hydrogens (tertiary/aromatic N) is 4. The molecular weight excluding hydrogens is 332 g/mol. The van der Waals surface area contributed by atoms with Gasteiger partial charge in [0.15, 0.2) is 5.69 Å². The average molecular weight is 346 g/mol. The van der Waals surface area contributed by atoms with Crippen LogP contribution in [0.3, 0.4) is 0 Å². The zero-order valence-electron chi connectivity index (χ0n) is 13.9. The van der Waals surface area contributed by atoms with Crippen molar-refractivity contribution >= 4 is 11.8 Å². The summed E-state index contributed by atoms with van der Waals surface area (Å²) in [5.74, 6) is -0.460. The van der Waals surface area contributed by atoms with E-state index in [1.807, 2.05) is 6.07 Å². The molecule has 26 heavy (non-hydrogen) atoms. The van der Waals surface area contributed by atoms with Crippen LogP contribution in [0.5, 0.6) is 0 Å². The first-order chi connectivity index (χ1) is 12.7. The Hall–Kier alpha value is -3.73. The molecule has 0 spiro atoms. The molecular formula is C18H14N6O2. The Morgan fingerprint density at radius 1 is 1.35 bits per heavy atom. The summed E-state index contributed by atoms with van der Waals surface area (Å²) < 4.78 is 4.81. The fraction of sp³-hybridized carbons (Fsp3) is 0.167. The van der Waals surface area contributed by atoms with E-state index in [-0.39, 0.29) is 17.1 Å². The molecule has 3 aromatic rings. The second kappa shape index (κ2) is 5.97. The van der Waals surface area contributed by atoms with Crippen molar-refractivity contribution in [3.05, 3.63) is 47.0 Å². The lowest BCUT2D eigenvalue weighted by molar-refractivity contribution is 0.0595. The number of rotatable bonds is 2. The molecule has 8 heteroatoms. The van der Waals surface area contributed by atoms with Crippen LogP contribution in [-0.4, -0.2) is 33.2 Å². The van der Waals surface area contributed by atoms with Gasteiger partial charge in [-0.25, -0.2) is 9.78 Å². The first-order valence-electron chi connectivity index (χ1n) is 7.93. The molecule has 0 saturated heterocycles. The van der Waals surface area contributed by atoms with E-state index in [4.69, 9.17) is 10.5 Å². The molecule has 0 amide bonds. The van der Waals surface area contributed by atoms with Crippen LogP contribution in [0.4, 0.5) is 5.82 Å². The van der Waals surface area contributed by atoms with Gasteiger partial charge in [0.05, 0.1) is 19.0 Å². The minimum absolute atomic E-state index is 0.106. The molecule has 0 fully saturated rings. The minimum Gasteiger partial charge on any atom is -0.464 e. The highest BCUT2D eigenvalue weighted by atomic mass is 16.5. The number of pyridine rings is 2. The average Bonchev–Trinajstić information content (AvgIpc) is 3.15. The number of aromatic nitrogens is 4. The van der Waals surface area contributed by atoms with E-state index in [1.165, 1.54) is 13.3 Å². The molecule has 0 aromatic carbocycles. The number of aromatic amines is 1. The zero-order chi connectivity index (χ0) is 18.3. The normalized spacial score (nSPS) is 12.0. The molecule has 0 saturated carbocycles. The molecule has 8 nitrogen and oxygen atoms in total. The Kier molecular flexibility index (Phi) is 3.62.